The van der Waals surface area contributed by atoms with Gasteiger partial charge in [0.15, 0.2) is 0 Å². The van der Waals surface area contributed by atoms with Crippen molar-refractivity contribution in [2.45, 2.75) is 11.1 Å². The summed E-state index contributed by atoms with van der Waals surface area (Å²) in [5.41, 5.74) is 1.35. The summed E-state index contributed by atoms with van der Waals surface area (Å²) in [6, 6.07) is 10.8. The molecule has 0 atom stereocenters. The lowest BCUT2D eigenvalue weighted by atomic mass is 10.2. The topological polar surface area (TPSA) is 62.0 Å². The maximum absolute atomic E-state index is 12.3. The molecule has 19 heavy (non-hydrogen) atoms. The Morgan fingerprint density at radius 1 is 1.16 bits per heavy atom. The molecular formula is C13H12N2O2S2. The van der Waals surface area contributed by atoms with Crippen molar-refractivity contribution in [3.63, 3.8) is 0 Å². The van der Waals surface area contributed by atoms with Crippen LogP contribution in [0.3, 0.4) is 0 Å². The standard InChI is InChI=1S/C13H12N2O2S2/c1-9-5-6-12(18-9)19(16,17)15-11-4-2-3-10-7-8-14-13(10)11/h2-8,14-15H,1H3. The molecule has 2 N–H and O–H groups in total. The smallest absolute Gasteiger partial charge is 0.271 e. The zero-order valence-corrected chi connectivity index (χ0v) is 11.8. The van der Waals surface area contributed by atoms with Gasteiger partial charge >= 0.3 is 0 Å². The van der Waals surface area contributed by atoms with Crippen molar-refractivity contribution in [3.8, 4) is 0 Å². The van der Waals surface area contributed by atoms with Gasteiger partial charge in [-0.2, -0.15) is 0 Å². The van der Waals surface area contributed by atoms with E-state index in [0.717, 1.165) is 15.8 Å². The van der Waals surface area contributed by atoms with E-state index >= 15 is 0 Å². The fraction of sp³-hybridized carbons (Fsp3) is 0.0769. The zero-order chi connectivity index (χ0) is 13.5. The lowest BCUT2D eigenvalue weighted by Gasteiger charge is -2.07. The number of rotatable bonds is 3. The lowest BCUT2D eigenvalue weighted by molar-refractivity contribution is 0.603. The fourth-order valence-corrected chi connectivity index (χ4v) is 4.28. The van der Waals surface area contributed by atoms with Crippen LogP contribution in [-0.4, -0.2) is 13.4 Å². The molecule has 98 valence electrons. The van der Waals surface area contributed by atoms with Gasteiger partial charge in [0.25, 0.3) is 10.0 Å². The summed E-state index contributed by atoms with van der Waals surface area (Å²) in [6.45, 7) is 1.88. The second kappa shape index (κ2) is 4.40. The average molecular weight is 292 g/mol. The molecule has 0 aliphatic heterocycles. The van der Waals surface area contributed by atoms with Crippen LogP contribution in [0.5, 0.6) is 0 Å². The molecule has 0 fully saturated rings. The van der Waals surface area contributed by atoms with E-state index in [2.05, 4.69) is 9.71 Å². The third-order valence-corrected chi connectivity index (χ3v) is 5.67. The number of para-hydroxylation sites is 1. The number of thiophene rings is 1. The average Bonchev–Trinajstić information content (AvgIpc) is 2.97. The number of hydrogen-bond donors (Lipinski definition) is 2. The molecule has 0 spiro atoms. The van der Waals surface area contributed by atoms with Gasteiger partial charge < -0.3 is 4.98 Å². The summed E-state index contributed by atoms with van der Waals surface area (Å²) in [7, 11) is -3.51. The van der Waals surface area contributed by atoms with Crippen LogP contribution in [0, 0.1) is 6.92 Å². The monoisotopic (exact) mass is 292 g/mol. The number of nitrogens with one attached hydrogen (secondary N) is 2. The van der Waals surface area contributed by atoms with Gasteiger partial charge in [0.05, 0.1) is 11.2 Å². The van der Waals surface area contributed by atoms with Crippen molar-refractivity contribution in [1.29, 1.82) is 0 Å². The highest BCUT2D eigenvalue weighted by atomic mass is 32.2. The van der Waals surface area contributed by atoms with Gasteiger partial charge in [-0.1, -0.05) is 12.1 Å². The molecule has 0 radical (unpaired) electrons. The van der Waals surface area contributed by atoms with Crippen LogP contribution in [0.1, 0.15) is 4.88 Å². The van der Waals surface area contributed by atoms with E-state index in [0.29, 0.717) is 9.90 Å². The first-order valence-corrected chi connectivity index (χ1v) is 8.01. The Labute approximate surface area is 115 Å². The van der Waals surface area contributed by atoms with Gasteiger partial charge in [-0.3, -0.25) is 4.72 Å². The van der Waals surface area contributed by atoms with Crippen molar-refractivity contribution in [2.24, 2.45) is 0 Å². The number of benzene rings is 1. The minimum Gasteiger partial charge on any atom is -0.359 e. The van der Waals surface area contributed by atoms with Crippen LogP contribution in [0.15, 0.2) is 46.8 Å². The first kappa shape index (κ1) is 12.3. The summed E-state index contributed by atoms with van der Waals surface area (Å²) in [6.07, 6.45) is 1.79. The molecule has 4 nitrogen and oxygen atoms in total. The predicted octanol–water partition coefficient (Wildman–Crippen LogP) is 3.34. The Morgan fingerprint density at radius 3 is 2.74 bits per heavy atom. The van der Waals surface area contributed by atoms with E-state index in [4.69, 9.17) is 0 Å². The van der Waals surface area contributed by atoms with Crippen molar-refractivity contribution in [1.82, 2.24) is 4.98 Å². The Kier molecular flexibility index (Phi) is 2.83. The minimum absolute atomic E-state index is 0.327. The van der Waals surface area contributed by atoms with Crippen molar-refractivity contribution >= 4 is 38.0 Å². The Morgan fingerprint density at radius 2 is 2.00 bits per heavy atom. The molecule has 2 aromatic heterocycles. The first-order chi connectivity index (χ1) is 9.06. The summed E-state index contributed by atoms with van der Waals surface area (Å²) in [5.74, 6) is 0. The summed E-state index contributed by atoms with van der Waals surface area (Å²) in [4.78, 5) is 4.01. The maximum atomic E-state index is 12.3. The Balaban J connectivity index is 2.03. The van der Waals surface area contributed by atoms with E-state index in [-0.39, 0.29) is 0 Å². The van der Waals surface area contributed by atoms with Gasteiger partial charge in [0.1, 0.15) is 4.21 Å². The van der Waals surface area contributed by atoms with E-state index < -0.39 is 10.0 Å². The number of aromatic amines is 1. The molecule has 1 aromatic carbocycles. The van der Waals surface area contributed by atoms with E-state index in [9.17, 15) is 8.42 Å². The lowest BCUT2D eigenvalue weighted by Crippen LogP contribution is -2.11. The summed E-state index contributed by atoms with van der Waals surface area (Å²) < 4.78 is 27.5. The van der Waals surface area contributed by atoms with Crippen molar-refractivity contribution < 1.29 is 8.42 Å². The van der Waals surface area contributed by atoms with E-state index in [1.807, 2.05) is 25.1 Å². The van der Waals surface area contributed by atoms with Gasteiger partial charge in [0, 0.05) is 16.5 Å². The highest BCUT2D eigenvalue weighted by Crippen LogP contribution is 2.27. The van der Waals surface area contributed by atoms with Crippen LogP contribution in [0.4, 0.5) is 5.69 Å². The van der Waals surface area contributed by atoms with E-state index in [1.165, 1.54) is 11.3 Å². The normalized spacial score (nSPS) is 11.8. The molecule has 0 aliphatic carbocycles. The van der Waals surface area contributed by atoms with Gasteiger partial charge in [0.2, 0.25) is 0 Å². The molecule has 3 aromatic rings. The number of aromatic nitrogens is 1. The molecule has 6 heteroatoms. The van der Waals surface area contributed by atoms with Gasteiger partial charge in [-0.25, -0.2) is 8.42 Å². The second-order valence-corrected chi connectivity index (χ2v) is 7.42. The highest BCUT2D eigenvalue weighted by molar-refractivity contribution is 7.94. The SMILES string of the molecule is Cc1ccc(S(=O)(=O)Nc2cccc3cc[nH]c23)s1. The first-order valence-electron chi connectivity index (χ1n) is 5.72. The highest BCUT2D eigenvalue weighted by Gasteiger charge is 2.17. The molecule has 0 saturated heterocycles. The predicted molar refractivity (Wildman–Crippen MR) is 78.2 cm³/mol. The van der Waals surface area contributed by atoms with Crippen molar-refractivity contribution in [2.75, 3.05) is 4.72 Å². The van der Waals surface area contributed by atoms with Crippen LogP contribution < -0.4 is 4.72 Å². The Bertz CT molecular complexity index is 831. The van der Waals surface area contributed by atoms with Crippen LogP contribution in [0.25, 0.3) is 10.9 Å². The van der Waals surface area contributed by atoms with Crippen LogP contribution in [-0.2, 0) is 10.0 Å². The summed E-state index contributed by atoms with van der Waals surface area (Å²) in [5, 5.41) is 0.975. The number of fused-ring (bicyclic) bond motifs is 1. The number of hydrogen-bond acceptors (Lipinski definition) is 3. The number of aryl methyl sites for hydroxylation is 1. The van der Waals surface area contributed by atoms with E-state index in [1.54, 1.807) is 24.4 Å². The number of H-pyrrole nitrogens is 1. The molecule has 0 saturated carbocycles. The van der Waals surface area contributed by atoms with Crippen LogP contribution in [0.2, 0.25) is 0 Å². The largest absolute Gasteiger partial charge is 0.359 e. The molecule has 0 unspecified atom stereocenters. The minimum atomic E-state index is -3.51. The van der Waals surface area contributed by atoms with Crippen molar-refractivity contribution in [3.05, 3.63) is 47.5 Å². The molecule has 0 bridgehead atoms. The zero-order valence-electron chi connectivity index (χ0n) is 10.2. The quantitative estimate of drug-likeness (QED) is 0.777. The molecule has 0 aliphatic rings. The maximum Gasteiger partial charge on any atom is 0.271 e. The molecule has 3 rings (SSSR count). The Hall–Kier alpha value is -1.79. The van der Waals surface area contributed by atoms with Crippen LogP contribution >= 0.6 is 11.3 Å². The third kappa shape index (κ3) is 2.24. The molecule has 2 heterocycles. The molecular weight excluding hydrogens is 280 g/mol. The van der Waals surface area contributed by atoms with Gasteiger partial charge in [-0.05, 0) is 31.2 Å². The molecule has 0 amide bonds. The van der Waals surface area contributed by atoms with Gasteiger partial charge in [-0.15, -0.1) is 11.3 Å². The second-order valence-electron chi connectivity index (χ2n) is 4.22. The summed E-state index contributed by atoms with van der Waals surface area (Å²) >= 11 is 1.26. The number of sulfonamides is 1. The third-order valence-electron chi connectivity index (χ3n) is 2.81. The number of anilines is 1. The fourth-order valence-electron chi connectivity index (χ4n) is 1.92.